The Kier molecular flexibility index (Phi) is 6.25. The van der Waals surface area contributed by atoms with Crippen LogP contribution in [0.2, 0.25) is 5.15 Å². The van der Waals surface area contributed by atoms with Gasteiger partial charge in [-0.3, -0.25) is 0 Å². The molecule has 0 N–H and O–H groups in total. The Bertz CT molecular complexity index is 1290. The van der Waals surface area contributed by atoms with Crippen molar-refractivity contribution < 1.29 is 18.3 Å². The van der Waals surface area contributed by atoms with Crippen LogP contribution in [0.4, 0.5) is 8.78 Å². The summed E-state index contributed by atoms with van der Waals surface area (Å²) in [6.45, 7) is 1.62. The summed E-state index contributed by atoms with van der Waals surface area (Å²) in [6, 6.07) is 19.5. The van der Waals surface area contributed by atoms with E-state index >= 15 is 0 Å². The lowest BCUT2D eigenvalue weighted by atomic mass is 9.87. The van der Waals surface area contributed by atoms with E-state index in [1.165, 1.54) is 6.07 Å². The molecule has 6 heteroatoms. The van der Waals surface area contributed by atoms with E-state index < -0.39 is 11.6 Å². The Labute approximate surface area is 195 Å². The third kappa shape index (κ3) is 4.43. The van der Waals surface area contributed by atoms with Crippen molar-refractivity contribution in [3.63, 3.8) is 0 Å². The number of ether oxygens (including phenoxy) is 2. The quantitative estimate of drug-likeness (QED) is 0.290. The Hall–Kier alpha value is -3.02. The van der Waals surface area contributed by atoms with Crippen LogP contribution in [0.3, 0.4) is 0 Å². The summed E-state index contributed by atoms with van der Waals surface area (Å²) >= 11 is 6.73. The summed E-state index contributed by atoms with van der Waals surface area (Å²) in [7, 11) is 0. The number of hydrogen-bond donors (Lipinski definition) is 0. The van der Waals surface area contributed by atoms with Crippen LogP contribution in [0, 0.1) is 11.6 Å². The molecule has 0 spiro atoms. The number of aromatic nitrogens is 1. The normalized spacial score (nSPS) is 14.5. The summed E-state index contributed by atoms with van der Waals surface area (Å²) < 4.78 is 39.6. The summed E-state index contributed by atoms with van der Waals surface area (Å²) in [5.41, 5.74) is 3.12. The van der Waals surface area contributed by atoms with E-state index in [0.29, 0.717) is 41.7 Å². The van der Waals surface area contributed by atoms with Crippen LogP contribution < -0.4 is 4.74 Å². The van der Waals surface area contributed by atoms with Gasteiger partial charge in [0.15, 0.2) is 11.6 Å². The van der Waals surface area contributed by atoms with E-state index in [4.69, 9.17) is 26.1 Å². The molecule has 0 saturated carbocycles. The minimum atomic E-state index is -0.898. The number of fused-ring (bicyclic) bond motifs is 1. The highest BCUT2D eigenvalue weighted by Gasteiger charge is 2.26. The van der Waals surface area contributed by atoms with Crippen LogP contribution in [0.1, 0.15) is 30.0 Å². The monoisotopic (exact) mass is 465 g/mol. The first-order valence-corrected chi connectivity index (χ1v) is 11.3. The molecule has 0 bridgehead atoms. The van der Waals surface area contributed by atoms with Crippen LogP contribution >= 0.6 is 11.6 Å². The third-order valence-electron chi connectivity index (χ3n) is 6.03. The average Bonchev–Trinajstić information content (AvgIpc) is 2.85. The summed E-state index contributed by atoms with van der Waals surface area (Å²) in [6.07, 6.45) is 1.57. The van der Waals surface area contributed by atoms with E-state index in [9.17, 15) is 8.78 Å². The summed E-state index contributed by atoms with van der Waals surface area (Å²) in [5, 5.41) is 1.79. The lowest BCUT2D eigenvalue weighted by Crippen LogP contribution is -2.16. The van der Waals surface area contributed by atoms with E-state index in [0.717, 1.165) is 41.1 Å². The second-order valence-corrected chi connectivity index (χ2v) is 8.49. The number of rotatable bonds is 5. The third-order valence-corrected chi connectivity index (χ3v) is 6.30. The van der Waals surface area contributed by atoms with Crippen molar-refractivity contribution in [1.82, 2.24) is 4.98 Å². The SMILES string of the molecule is Fc1ccc(-c2c(C3CCOCC3)nc(Cl)c3c(OCc4ccccc4)cccc23)cc1F. The van der Waals surface area contributed by atoms with E-state index in [1.807, 2.05) is 48.5 Å². The molecule has 3 nitrogen and oxygen atoms in total. The Morgan fingerprint density at radius 2 is 1.73 bits per heavy atom. The molecule has 0 aliphatic carbocycles. The van der Waals surface area contributed by atoms with E-state index in [1.54, 1.807) is 6.07 Å². The summed E-state index contributed by atoms with van der Waals surface area (Å²) in [5.74, 6) is -1.08. The molecule has 0 radical (unpaired) electrons. The van der Waals surface area contributed by atoms with Crippen LogP contribution in [0.15, 0.2) is 66.7 Å². The van der Waals surface area contributed by atoms with Crippen molar-refractivity contribution in [2.75, 3.05) is 13.2 Å². The van der Waals surface area contributed by atoms with E-state index in [-0.39, 0.29) is 5.92 Å². The van der Waals surface area contributed by atoms with Crippen LogP contribution in [-0.4, -0.2) is 18.2 Å². The van der Waals surface area contributed by atoms with Crippen LogP contribution in [-0.2, 0) is 11.3 Å². The lowest BCUT2D eigenvalue weighted by molar-refractivity contribution is 0.0846. The fourth-order valence-corrected chi connectivity index (χ4v) is 4.67. The molecule has 1 fully saturated rings. The van der Waals surface area contributed by atoms with Crippen molar-refractivity contribution in [2.45, 2.75) is 25.4 Å². The van der Waals surface area contributed by atoms with Gasteiger partial charge < -0.3 is 9.47 Å². The van der Waals surface area contributed by atoms with Crippen molar-refractivity contribution >= 4 is 22.4 Å². The van der Waals surface area contributed by atoms with Crippen molar-refractivity contribution in [1.29, 1.82) is 0 Å². The van der Waals surface area contributed by atoms with Gasteiger partial charge >= 0.3 is 0 Å². The molecule has 0 amide bonds. The molecule has 1 aliphatic rings. The highest BCUT2D eigenvalue weighted by atomic mass is 35.5. The molecule has 1 aromatic heterocycles. The van der Waals surface area contributed by atoms with E-state index in [2.05, 4.69) is 0 Å². The van der Waals surface area contributed by atoms with Gasteiger partial charge in [-0.1, -0.05) is 60.1 Å². The minimum Gasteiger partial charge on any atom is -0.488 e. The average molecular weight is 466 g/mol. The molecular weight excluding hydrogens is 444 g/mol. The van der Waals surface area contributed by atoms with Gasteiger partial charge in [0.1, 0.15) is 17.5 Å². The van der Waals surface area contributed by atoms with Gasteiger partial charge in [-0.2, -0.15) is 0 Å². The second-order valence-electron chi connectivity index (χ2n) is 8.13. The predicted octanol–water partition coefficient (Wildman–Crippen LogP) is 7.31. The standard InChI is InChI=1S/C27H22ClF2NO2/c28-27-25-20(7-4-8-23(25)33-16-17-5-2-1-3-6-17)24(19-9-10-21(29)22(30)15-19)26(31-27)18-11-13-32-14-12-18/h1-10,15,18H,11-14,16H2. The first-order chi connectivity index (χ1) is 16.1. The van der Waals surface area contributed by atoms with Crippen LogP contribution in [0.25, 0.3) is 21.9 Å². The number of hydrogen-bond acceptors (Lipinski definition) is 3. The molecule has 1 saturated heterocycles. The first-order valence-electron chi connectivity index (χ1n) is 10.9. The van der Waals surface area contributed by atoms with Gasteiger partial charge in [-0.05, 0) is 47.6 Å². The molecule has 0 unspecified atom stereocenters. The number of nitrogens with zero attached hydrogens (tertiary/aromatic N) is 1. The minimum absolute atomic E-state index is 0.109. The van der Waals surface area contributed by atoms with Gasteiger partial charge in [0, 0.05) is 24.7 Å². The zero-order chi connectivity index (χ0) is 22.8. The highest BCUT2D eigenvalue weighted by Crippen LogP contribution is 2.43. The van der Waals surface area contributed by atoms with Crippen molar-refractivity contribution in [3.8, 4) is 16.9 Å². The number of benzene rings is 3. The fourth-order valence-electron chi connectivity index (χ4n) is 4.38. The zero-order valence-electron chi connectivity index (χ0n) is 17.9. The molecule has 0 atom stereocenters. The maximum Gasteiger partial charge on any atom is 0.159 e. The maximum absolute atomic E-state index is 14.2. The largest absolute Gasteiger partial charge is 0.488 e. The molecule has 3 aromatic carbocycles. The smallest absolute Gasteiger partial charge is 0.159 e. The summed E-state index contributed by atoms with van der Waals surface area (Å²) in [4.78, 5) is 4.78. The lowest BCUT2D eigenvalue weighted by Gasteiger charge is -2.25. The van der Waals surface area contributed by atoms with Gasteiger partial charge in [0.25, 0.3) is 0 Å². The molecule has 1 aliphatic heterocycles. The Morgan fingerprint density at radius 1 is 0.939 bits per heavy atom. The number of pyridine rings is 1. The highest BCUT2D eigenvalue weighted by molar-refractivity contribution is 6.35. The maximum atomic E-state index is 14.2. The Morgan fingerprint density at radius 3 is 2.48 bits per heavy atom. The van der Waals surface area contributed by atoms with Gasteiger partial charge in [0.2, 0.25) is 0 Å². The molecule has 5 rings (SSSR count). The molecule has 4 aromatic rings. The van der Waals surface area contributed by atoms with Gasteiger partial charge in [-0.15, -0.1) is 0 Å². The van der Waals surface area contributed by atoms with Gasteiger partial charge in [0.05, 0.1) is 11.1 Å². The molecular formula is C27H22ClF2NO2. The van der Waals surface area contributed by atoms with Crippen molar-refractivity contribution in [3.05, 3.63) is 94.8 Å². The molecule has 33 heavy (non-hydrogen) atoms. The molecule has 168 valence electrons. The van der Waals surface area contributed by atoms with Crippen molar-refractivity contribution in [2.24, 2.45) is 0 Å². The first kappa shape index (κ1) is 21.8. The fraction of sp³-hybridized carbons (Fsp3) is 0.222. The predicted molar refractivity (Wildman–Crippen MR) is 126 cm³/mol. The Balaban J connectivity index is 1.68. The number of halogens is 3. The van der Waals surface area contributed by atoms with Crippen LogP contribution in [0.5, 0.6) is 5.75 Å². The second kappa shape index (κ2) is 9.46. The van der Waals surface area contributed by atoms with Gasteiger partial charge in [-0.25, -0.2) is 13.8 Å². The topological polar surface area (TPSA) is 31.4 Å². The molecule has 2 heterocycles. The zero-order valence-corrected chi connectivity index (χ0v) is 18.6.